The molecule has 136 valence electrons. The number of hydrogen-bond donors (Lipinski definition) is 2. The predicted octanol–water partition coefficient (Wildman–Crippen LogP) is 3.73. The van der Waals surface area contributed by atoms with Crippen molar-refractivity contribution in [3.05, 3.63) is 59.7 Å². The van der Waals surface area contributed by atoms with Crippen LogP contribution in [0.25, 0.3) is 11.1 Å². The molecule has 1 amide bonds. The summed E-state index contributed by atoms with van der Waals surface area (Å²) in [7, 11) is 0. The fourth-order valence-electron chi connectivity index (χ4n) is 3.28. The molecule has 0 spiro atoms. The third kappa shape index (κ3) is 3.85. The first-order valence-electron chi connectivity index (χ1n) is 8.45. The summed E-state index contributed by atoms with van der Waals surface area (Å²) < 4.78 is 5.38. The average Bonchev–Trinajstić information content (AvgIpc) is 2.97. The zero-order valence-corrected chi connectivity index (χ0v) is 15.3. The highest BCUT2D eigenvalue weighted by Crippen LogP contribution is 2.44. The third-order valence-corrected chi connectivity index (χ3v) is 5.19. The van der Waals surface area contributed by atoms with E-state index in [-0.39, 0.29) is 12.5 Å². The molecule has 6 heteroatoms. The molecule has 3 rings (SSSR count). The van der Waals surface area contributed by atoms with Crippen molar-refractivity contribution in [3.63, 3.8) is 0 Å². The van der Waals surface area contributed by atoms with Crippen molar-refractivity contribution in [1.29, 1.82) is 0 Å². The monoisotopic (exact) mass is 372 g/mol. The van der Waals surface area contributed by atoms with Gasteiger partial charge in [0.25, 0.3) is 0 Å². The average molecular weight is 372 g/mol. The van der Waals surface area contributed by atoms with Gasteiger partial charge >= 0.3 is 12.1 Å². The summed E-state index contributed by atoms with van der Waals surface area (Å²) in [5.74, 6) is -0.434. The normalized spacial score (nSPS) is 13.6. The summed E-state index contributed by atoms with van der Waals surface area (Å²) in [6, 6.07) is 15.2. The van der Waals surface area contributed by atoms with Gasteiger partial charge in [-0.15, -0.1) is 0 Å². The lowest BCUT2D eigenvalue weighted by Crippen LogP contribution is -2.41. The van der Waals surface area contributed by atoms with Crippen LogP contribution in [0.15, 0.2) is 48.5 Å². The highest BCUT2D eigenvalue weighted by molar-refractivity contribution is 7.98. The number of thioether (sulfide) groups is 1. The Bertz CT molecular complexity index is 762. The minimum absolute atomic E-state index is 0.0392. The number of benzene rings is 2. The van der Waals surface area contributed by atoms with Crippen molar-refractivity contribution in [2.75, 3.05) is 18.6 Å². The summed E-state index contributed by atoms with van der Waals surface area (Å²) in [6.07, 6.45) is 1.56. The molecule has 0 unspecified atom stereocenters. The Morgan fingerprint density at radius 1 is 1.12 bits per heavy atom. The summed E-state index contributed by atoms with van der Waals surface area (Å²) >= 11 is 1.54. The molecule has 0 bridgehead atoms. The van der Waals surface area contributed by atoms with Crippen LogP contribution >= 0.6 is 11.8 Å². The molecule has 1 aliphatic carbocycles. The highest BCUT2D eigenvalue weighted by Gasteiger charge is 2.29. The number of hydrogen-bond acceptors (Lipinski definition) is 4. The molecule has 2 aromatic rings. The van der Waals surface area contributed by atoms with Crippen molar-refractivity contribution in [1.82, 2.24) is 5.32 Å². The van der Waals surface area contributed by atoms with Gasteiger partial charge in [0.05, 0.1) is 0 Å². The van der Waals surface area contributed by atoms with Crippen molar-refractivity contribution in [3.8, 4) is 11.1 Å². The van der Waals surface area contributed by atoms with E-state index in [4.69, 9.17) is 4.74 Å². The Morgan fingerprint density at radius 2 is 1.69 bits per heavy atom. The summed E-state index contributed by atoms with van der Waals surface area (Å²) in [5.41, 5.74) is 4.55. The number of fused-ring (bicyclic) bond motifs is 3. The van der Waals surface area contributed by atoms with E-state index in [0.717, 1.165) is 22.3 Å². The number of carboxylic acid groups (broad SMARTS) is 1. The van der Waals surface area contributed by atoms with Crippen LogP contribution in [-0.4, -0.2) is 41.8 Å². The lowest BCUT2D eigenvalue weighted by molar-refractivity contribution is -0.139. The van der Waals surface area contributed by atoms with E-state index in [1.807, 2.05) is 42.7 Å². The van der Waals surface area contributed by atoms with Crippen LogP contribution in [0, 0.1) is 0 Å². The Kier molecular flexibility index (Phi) is 5.83. The van der Waals surface area contributed by atoms with Gasteiger partial charge in [-0.25, -0.2) is 9.59 Å². The molecule has 5 nitrogen and oxygen atoms in total. The van der Waals surface area contributed by atoms with Crippen LogP contribution in [0.3, 0.4) is 0 Å². The largest absolute Gasteiger partial charge is 0.480 e. The van der Waals surface area contributed by atoms with Crippen molar-refractivity contribution < 1.29 is 19.4 Å². The molecular formula is C20H21NO4S. The van der Waals surface area contributed by atoms with E-state index >= 15 is 0 Å². The van der Waals surface area contributed by atoms with Crippen LogP contribution in [-0.2, 0) is 9.53 Å². The van der Waals surface area contributed by atoms with Crippen LogP contribution in [0.4, 0.5) is 4.79 Å². The van der Waals surface area contributed by atoms with Gasteiger partial charge in [0, 0.05) is 5.92 Å². The van der Waals surface area contributed by atoms with Crippen molar-refractivity contribution >= 4 is 23.8 Å². The fourth-order valence-corrected chi connectivity index (χ4v) is 3.75. The third-order valence-electron chi connectivity index (χ3n) is 4.54. The number of carboxylic acids is 1. The minimum atomic E-state index is -1.05. The first-order chi connectivity index (χ1) is 12.6. The molecule has 0 saturated heterocycles. The molecule has 0 fully saturated rings. The first-order valence-corrected chi connectivity index (χ1v) is 9.84. The molecule has 0 aromatic heterocycles. The summed E-state index contributed by atoms with van der Waals surface area (Å²) in [4.78, 5) is 23.3. The second kappa shape index (κ2) is 8.27. The maximum absolute atomic E-state index is 12.1. The smallest absolute Gasteiger partial charge is 0.407 e. The first kappa shape index (κ1) is 18.3. The highest BCUT2D eigenvalue weighted by atomic mass is 32.2. The molecule has 0 aliphatic heterocycles. The second-order valence-electron chi connectivity index (χ2n) is 6.14. The number of ether oxygens (including phenoxy) is 1. The van der Waals surface area contributed by atoms with Crippen LogP contribution in [0.1, 0.15) is 23.5 Å². The number of aliphatic carboxylic acids is 1. The number of carbonyl (C=O) groups is 2. The molecule has 1 aliphatic rings. The van der Waals surface area contributed by atoms with Gasteiger partial charge in [-0.1, -0.05) is 48.5 Å². The maximum atomic E-state index is 12.1. The molecule has 0 saturated carbocycles. The Balaban J connectivity index is 1.68. The van der Waals surface area contributed by atoms with Gasteiger partial charge in [-0.2, -0.15) is 11.8 Å². The van der Waals surface area contributed by atoms with E-state index in [0.29, 0.717) is 12.2 Å². The van der Waals surface area contributed by atoms with E-state index in [9.17, 15) is 14.7 Å². The van der Waals surface area contributed by atoms with Crippen molar-refractivity contribution in [2.45, 2.75) is 18.4 Å². The standard InChI is InChI=1S/C20H21NO4S/c1-26-11-10-18(19(22)23)21-20(24)25-12-17-15-8-4-2-6-13(15)14-7-3-5-9-16(14)17/h2-9,17-18H,10-12H2,1H3,(H,21,24)(H,22,23)/t18-/m0/s1/i21+1. The predicted molar refractivity (Wildman–Crippen MR) is 103 cm³/mol. The van der Waals surface area contributed by atoms with E-state index in [1.165, 1.54) is 11.8 Å². The fraction of sp³-hybridized carbons (Fsp3) is 0.300. The molecular weight excluding hydrogens is 351 g/mol. The zero-order valence-electron chi connectivity index (χ0n) is 14.5. The number of carbonyl (C=O) groups excluding carboxylic acids is 1. The van der Waals surface area contributed by atoms with Crippen LogP contribution in [0.5, 0.6) is 0 Å². The number of amides is 1. The summed E-state index contributed by atoms with van der Waals surface area (Å²) in [5, 5.41) is 11.7. The molecule has 0 heterocycles. The molecule has 2 N–H and O–H groups in total. The van der Waals surface area contributed by atoms with Crippen molar-refractivity contribution in [2.24, 2.45) is 0 Å². The molecule has 2 aromatic carbocycles. The molecule has 1 atom stereocenters. The Hall–Kier alpha value is -2.47. The van der Waals surface area contributed by atoms with Gasteiger partial charge in [0.15, 0.2) is 0 Å². The maximum Gasteiger partial charge on any atom is 0.407 e. The van der Waals surface area contributed by atoms with Gasteiger partial charge in [-0.3, -0.25) is 0 Å². The Morgan fingerprint density at radius 3 is 2.23 bits per heavy atom. The Labute approximate surface area is 156 Å². The quantitative estimate of drug-likeness (QED) is 0.724. The SMILES string of the molecule is CSCC[C@H]([15NH]C(=O)OCC1c2ccccc2-c2ccccc21)C(=O)O. The minimum Gasteiger partial charge on any atom is -0.480 e. The lowest BCUT2D eigenvalue weighted by atomic mass is 9.98. The van der Waals surface area contributed by atoms with Gasteiger partial charge in [-0.05, 0) is 40.7 Å². The lowest BCUT2D eigenvalue weighted by Gasteiger charge is -2.17. The second-order valence-corrected chi connectivity index (χ2v) is 7.13. The summed E-state index contributed by atoms with van der Waals surface area (Å²) in [6.45, 7) is 0.175. The topological polar surface area (TPSA) is 75.6 Å². The van der Waals surface area contributed by atoms with E-state index in [1.54, 1.807) is 0 Å². The van der Waals surface area contributed by atoms with E-state index < -0.39 is 18.1 Å². The van der Waals surface area contributed by atoms with Crippen LogP contribution < -0.4 is 5.32 Å². The number of alkyl carbamates (subject to hydrolysis) is 1. The number of rotatable bonds is 7. The van der Waals surface area contributed by atoms with E-state index in [2.05, 4.69) is 17.4 Å². The zero-order chi connectivity index (χ0) is 18.5. The van der Waals surface area contributed by atoms with Gasteiger partial charge < -0.3 is 15.2 Å². The van der Waals surface area contributed by atoms with Crippen LogP contribution in [0.2, 0.25) is 0 Å². The van der Waals surface area contributed by atoms with Gasteiger partial charge in [0.2, 0.25) is 0 Å². The molecule has 0 radical (unpaired) electrons. The number of nitrogens with one attached hydrogen (secondary N) is 1. The van der Waals surface area contributed by atoms with Gasteiger partial charge in [0.1, 0.15) is 12.6 Å². The molecule has 26 heavy (non-hydrogen) atoms.